The molecule has 8 heteroatoms. The lowest BCUT2D eigenvalue weighted by Gasteiger charge is -2.19. The van der Waals surface area contributed by atoms with E-state index in [-0.39, 0.29) is 24.8 Å². The summed E-state index contributed by atoms with van der Waals surface area (Å²) >= 11 is 5.96. The first-order valence-corrected chi connectivity index (χ1v) is 10.9. The Morgan fingerprint density at radius 3 is 2.28 bits per heavy atom. The number of carbonyl (C=O) groups is 3. The number of hydrogen-bond acceptors (Lipinski definition) is 4. The van der Waals surface area contributed by atoms with Gasteiger partial charge in [0.15, 0.2) is 0 Å². The van der Waals surface area contributed by atoms with Crippen LogP contribution < -0.4 is 16.0 Å². The van der Waals surface area contributed by atoms with Crippen LogP contribution in [-0.4, -0.2) is 30.1 Å². The molecule has 172 valence electrons. The molecule has 0 aliphatic carbocycles. The van der Waals surface area contributed by atoms with E-state index in [1.807, 2.05) is 30.3 Å². The van der Waals surface area contributed by atoms with Crippen LogP contribution in [0.25, 0.3) is 0 Å². The standard InChI is InChI=1S/C24H30ClN3O4/c1-24(2,3)32-23(31)26-14-13-22(30)28-20-10-7-18(8-11-20)16-27-21(29)12-9-17-5-4-6-19(25)15-17/h4-8,10-11,15H,9,12-14,16H2,1-3H3,(H,26,31)(H,27,29)(H,28,30). The van der Waals surface area contributed by atoms with Gasteiger partial charge in [0, 0.05) is 36.6 Å². The van der Waals surface area contributed by atoms with Crippen LogP contribution in [0.4, 0.5) is 10.5 Å². The maximum absolute atomic E-state index is 12.1. The van der Waals surface area contributed by atoms with Crippen LogP contribution in [0.5, 0.6) is 0 Å². The van der Waals surface area contributed by atoms with Crippen molar-refractivity contribution < 1.29 is 19.1 Å². The van der Waals surface area contributed by atoms with Gasteiger partial charge in [-0.2, -0.15) is 0 Å². The lowest BCUT2D eigenvalue weighted by Crippen LogP contribution is -2.34. The smallest absolute Gasteiger partial charge is 0.407 e. The number of ether oxygens (including phenoxy) is 1. The maximum atomic E-state index is 12.1. The lowest BCUT2D eigenvalue weighted by molar-refractivity contribution is -0.121. The molecule has 0 aliphatic rings. The Morgan fingerprint density at radius 2 is 1.62 bits per heavy atom. The third kappa shape index (κ3) is 10.3. The second-order valence-corrected chi connectivity index (χ2v) is 8.77. The van der Waals surface area contributed by atoms with Crippen LogP contribution in [-0.2, 0) is 27.3 Å². The van der Waals surface area contributed by atoms with E-state index < -0.39 is 11.7 Å². The molecule has 32 heavy (non-hydrogen) atoms. The molecule has 0 aromatic heterocycles. The lowest BCUT2D eigenvalue weighted by atomic mass is 10.1. The van der Waals surface area contributed by atoms with Crippen LogP contribution in [0.1, 0.15) is 44.7 Å². The molecule has 0 saturated heterocycles. The van der Waals surface area contributed by atoms with E-state index >= 15 is 0 Å². The van der Waals surface area contributed by atoms with E-state index in [0.29, 0.717) is 30.1 Å². The van der Waals surface area contributed by atoms with Crippen LogP contribution >= 0.6 is 11.6 Å². The Bertz CT molecular complexity index is 924. The van der Waals surface area contributed by atoms with Crippen molar-refractivity contribution in [2.75, 3.05) is 11.9 Å². The molecule has 3 N–H and O–H groups in total. The normalized spacial score (nSPS) is 10.9. The molecule has 7 nitrogen and oxygen atoms in total. The van der Waals surface area contributed by atoms with Crippen molar-refractivity contribution in [1.82, 2.24) is 10.6 Å². The molecule has 0 spiro atoms. The van der Waals surface area contributed by atoms with Crippen molar-refractivity contribution >= 4 is 35.2 Å². The highest BCUT2D eigenvalue weighted by Gasteiger charge is 2.15. The van der Waals surface area contributed by atoms with E-state index in [0.717, 1.165) is 11.1 Å². The van der Waals surface area contributed by atoms with Gasteiger partial charge < -0.3 is 20.7 Å². The molecular formula is C24H30ClN3O4. The van der Waals surface area contributed by atoms with Gasteiger partial charge in [-0.05, 0) is 62.6 Å². The van der Waals surface area contributed by atoms with Gasteiger partial charge in [0.25, 0.3) is 0 Å². The monoisotopic (exact) mass is 459 g/mol. The number of anilines is 1. The minimum Gasteiger partial charge on any atom is -0.444 e. The molecular weight excluding hydrogens is 430 g/mol. The molecule has 0 atom stereocenters. The van der Waals surface area contributed by atoms with Gasteiger partial charge in [-0.1, -0.05) is 35.9 Å². The fraction of sp³-hybridized carbons (Fsp3) is 0.375. The highest BCUT2D eigenvalue weighted by Crippen LogP contribution is 2.13. The summed E-state index contributed by atoms with van der Waals surface area (Å²) in [6.07, 6.45) is 0.583. The molecule has 0 radical (unpaired) electrons. The van der Waals surface area contributed by atoms with Crippen molar-refractivity contribution in [3.05, 3.63) is 64.7 Å². The Hall–Kier alpha value is -3.06. The fourth-order valence-corrected chi connectivity index (χ4v) is 2.97. The van der Waals surface area contributed by atoms with Crippen LogP contribution in [0.2, 0.25) is 5.02 Å². The summed E-state index contributed by atoms with van der Waals surface area (Å²) in [4.78, 5) is 35.7. The first-order valence-electron chi connectivity index (χ1n) is 10.5. The summed E-state index contributed by atoms with van der Waals surface area (Å²) in [6.45, 7) is 5.91. The number of hydrogen-bond donors (Lipinski definition) is 3. The summed E-state index contributed by atoms with van der Waals surface area (Å²) in [5, 5.41) is 8.87. The first kappa shape index (κ1) is 25.2. The SMILES string of the molecule is CC(C)(C)OC(=O)NCCC(=O)Nc1ccc(CNC(=O)CCc2cccc(Cl)c2)cc1. The van der Waals surface area contributed by atoms with Gasteiger partial charge in [0.2, 0.25) is 11.8 Å². The zero-order valence-corrected chi connectivity index (χ0v) is 19.4. The van der Waals surface area contributed by atoms with Gasteiger partial charge in [-0.25, -0.2) is 4.79 Å². The van der Waals surface area contributed by atoms with Crippen molar-refractivity contribution in [2.45, 2.75) is 52.2 Å². The Kier molecular flexibility index (Phi) is 9.53. The zero-order valence-electron chi connectivity index (χ0n) is 18.7. The average molecular weight is 460 g/mol. The summed E-state index contributed by atoms with van der Waals surface area (Å²) in [6, 6.07) is 14.7. The summed E-state index contributed by atoms with van der Waals surface area (Å²) in [7, 11) is 0. The van der Waals surface area contributed by atoms with Gasteiger partial charge in [0.05, 0.1) is 0 Å². The predicted octanol–water partition coefficient (Wildman–Crippen LogP) is 4.44. The quantitative estimate of drug-likeness (QED) is 0.516. The highest BCUT2D eigenvalue weighted by molar-refractivity contribution is 6.30. The second-order valence-electron chi connectivity index (χ2n) is 8.33. The number of benzene rings is 2. The van der Waals surface area contributed by atoms with Crippen molar-refractivity contribution in [3.8, 4) is 0 Å². The van der Waals surface area contributed by atoms with Gasteiger partial charge in [-0.3, -0.25) is 9.59 Å². The number of aryl methyl sites for hydroxylation is 1. The van der Waals surface area contributed by atoms with E-state index in [9.17, 15) is 14.4 Å². The molecule has 0 saturated carbocycles. The largest absolute Gasteiger partial charge is 0.444 e. The number of carbonyl (C=O) groups excluding carboxylic acids is 3. The summed E-state index contributed by atoms with van der Waals surface area (Å²) in [5.41, 5.74) is 2.01. The Balaban J connectivity index is 1.67. The third-order valence-electron chi connectivity index (χ3n) is 4.28. The van der Waals surface area contributed by atoms with Crippen molar-refractivity contribution in [2.24, 2.45) is 0 Å². The van der Waals surface area contributed by atoms with Crippen LogP contribution in [0, 0.1) is 0 Å². The summed E-state index contributed by atoms with van der Waals surface area (Å²) in [5.74, 6) is -0.261. The number of amides is 3. The Morgan fingerprint density at radius 1 is 0.906 bits per heavy atom. The highest BCUT2D eigenvalue weighted by atomic mass is 35.5. The first-order chi connectivity index (χ1) is 15.1. The van der Waals surface area contributed by atoms with Crippen LogP contribution in [0.15, 0.2) is 48.5 Å². The van der Waals surface area contributed by atoms with Gasteiger partial charge in [-0.15, -0.1) is 0 Å². The third-order valence-corrected chi connectivity index (χ3v) is 4.51. The minimum atomic E-state index is -0.580. The number of rotatable bonds is 9. The number of halogens is 1. The molecule has 0 fully saturated rings. The van der Waals surface area contributed by atoms with E-state index in [1.165, 1.54) is 0 Å². The number of alkyl carbamates (subject to hydrolysis) is 1. The molecule has 2 aromatic carbocycles. The van der Waals surface area contributed by atoms with E-state index in [1.54, 1.807) is 39.0 Å². The molecule has 3 amide bonds. The average Bonchev–Trinajstić information content (AvgIpc) is 2.70. The Labute approximate surface area is 193 Å². The fourth-order valence-electron chi connectivity index (χ4n) is 2.76. The van der Waals surface area contributed by atoms with Gasteiger partial charge in [0.1, 0.15) is 5.60 Å². The molecule has 2 aromatic rings. The zero-order chi connectivity index (χ0) is 23.6. The van der Waals surface area contributed by atoms with Crippen LogP contribution in [0.3, 0.4) is 0 Å². The van der Waals surface area contributed by atoms with Gasteiger partial charge >= 0.3 is 6.09 Å². The molecule has 0 unspecified atom stereocenters. The summed E-state index contributed by atoms with van der Waals surface area (Å²) < 4.78 is 5.12. The van der Waals surface area contributed by atoms with E-state index in [2.05, 4.69) is 16.0 Å². The van der Waals surface area contributed by atoms with Crippen molar-refractivity contribution in [3.63, 3.8) is 0 Å². The minimum absolute atomic E-state index is 0.0418. The molecule has 0 aliphatic heterocycles. The molecule has 2 rings (SSSR count). The molecule has 0 heterocycles. The maximum Gasteiger partial charge on any atom is 0.407 e. The van der Waals surface area contributed by atoms with E-state index in [4.69, 9.17) is 16.3 Å². The topological polar surface area (TPSA) is 96.5 Å². The predicted molar refractivity (Wildman–Crippen MR) is 126 cm³/mol. The number of nitrogens with one attached hydrogen (secondary N) is 3. The second kappa shape index (κ2) is 12.1. The molecule has 0 bridgehead atoms. The van der Waals surface area contributed by atoms with Crippen molar-refractivity contribution in [1.29, 1.82) is 0 Å².